The van der Waals surface area contributed by atoms with Crippen molar-refractivity contribution in [3.63, 3.8) is 0 Å². The number of piperazine rings is 2. The normalized spacial score (nSPS) is 20.3. The van der Waals surface area contributed by atoms with Crippen molar-refractivity contribution >= 4 is 21.8 Å². The van der Waals surface area contributed by atoms with E-state index in [1.165, 1.54) is 4.31 Å². The molecule has 0 saturated carbocycles. The molecule has 0 aliphatic carbocycles. The first-order chi connectivity index (χ1) is 16.4. The summed E-state index contributed by atoms with van der Waals surface area (Å²) in [5.41, 5.74) is 0.918. The zero-order valence-electron chi connectivity index (χ0n) is 19.8. The first-order valence-electron chi connectivity index (χ1n) is 11.8. The second-order valence-electron chi connectivity index (χ2n) is 9.01. The lowest BCUT2D eigenvalue weighted by Crippen LogP contribution is -2.49. The van der Waals surface area contributed by atoms with Crippen molar-refractivity contribution in [3.05, 3.63) is 30.0 Å². The molecule has 0 atom stereocenters. The van der Waals surface area contributed by atoms with Crippen LogP contribution in [0.2, 0.25) is 0 Å². The third-order valence-corrected chi connectivity index (χ3v) is 8.43. The van der Waals surface area contributed by atoms with Crippen molar-refractivity contribution in [2.45, 2.75) is 18.2 Å². The smallest absolute Gasteiger partial charge is 0.243 e. The van der Waals surface area contributed by atoms with E-state index in [0.29, 0.717) is 56.8 Å². The molecule has 10 nitrogen and oxygen atoms in total. The minimum atomic E-state index is -3.63. The predicted octanol–water partition coefficient (Wildman–Crippen LogP) is 1.21. The molecule has 11 heteroatoms. The molecule has 5 rings (SSSR count). The van der Waals surface area contributed by atoms with Crippen LogP contribution in [0.1, 0.15) is 12.1 Å². The number of aryl methyl sites for hydroxylation is 1. The van der Waals surface area contributed by atoms with E-state index in [-0.39, 0.29) is 4.90 Å². The Bertz CT molecular complexity index is 1130. The monoisotopic (exact) mass is 488 g/mol. The van der Waals surface area contributed by atoms with Gasteiger partial charge in [-0.25, -0.2) is 13.4 Å². The summed E-state index contributed by atoms with van der Waals surface area (Å²) in [4.78, 5) is 16.4. The van der Waals surface area contributed by atoms with Crippen LogP contribution in [0, 0.1) is 6.92 Å². The summed E-state index contributed by atoms with van der Waals surface area (Å²) in [7, 11) is -1.50. The lowest BCUT2D eigenvalue weighted by molar-refractivity contribution is 0.296. The standard InChI is InChI=1S/C23H32N6O4S/c1-18-16-22(27-8-6-26(2)7-9-27)25-23(24-18)28-10-12-29(13-11-28)34(30,31)19-4-5-20-21(17-19)33-15-3-14-32-20/h4-5,16-17H,3,6-15H2,1-2H3. The third kappa shape index (κ3) is 4.77. The molecule has 2 saturated heterocycles. The van der Waals surface area contributed by atoms with Gasteiger partial charge in [0.05, 0.1) is 18.1 Å². The molecule has 0 amide bonds. The van der Waals surface area contributed by atoms with Gasteiger partial charge in [-0.3, -0.25) is 0 Å². The molecule has 34 heavy (non-hydrogen) atoms. The molecule has 1 aromatic heterocycles. The zero-order valence-corrected chi connectivity index (χ0v) is 20.6. The van der Waals surface area contributed by atoms with E-state index in [2.05, 4.69) is 26.7 Å². The van der Waals surface area contributed by atoms with Crippen LogP contribution in [0.3, 0.4) is 0 Å². The first kappa shape index (κ1) is 23.1. The summed E-state index contributed by atoms with van der Waals surface area (Å²) in [5.74, 6) is 2.69. The SMILES string of the molecule is Cc1cc(N2CCN(C)CC2)nc(N2CCN(S(=O)(=O)c3ccc4c(c3)OCCCO4)CC2)n1. The number of nitrogens with zero attached hydrogens (tertiary/aromatic N) is 6. The molecule has 4 heterocycles. The molecule has 2 fully saturated rings. The van der Waals surface area contributed by atoms with Crippen molar-refractivity contribution < 1.29 is 17.9 Å². The van der Waals surface area contributed by atoms with E-state index in [9.17, 15) is 8.42 Å². The predicted molar refractivity (Wildman–Crippen MR) is 129 cm³/mol. The van der Waals surface area contributed by atoms with Gasteiger partial charge < -0.3 is 24.2 Å². The molecular formula is C23H32N6O4S. The Morgan fingerprint density at radius 2 is 1.50 bits per heavy atom. The Morgan fingerprint density at radius 3 is 2.24 bits per heavy atom. The highest BCUT2D eigenvalue weighted by Gasteiger charge is 2.31. The van der Waals surface area contributed by atoms with Crippen molar-refractivity contribution in [2.24, 2.45) is 0 Å². The van der Waals surface area contributed by atoms with Crippen LogP contribution in [0.4, 0.5) is 11.8 Å². The van der Waals surface area contributed by atoms with Crippen LogP contribution in [0.5, 0.6) is 11.5 Å². The number of benzene rings is 1. The number of sulfonamides is 1. The molecule has 0 bridgehead atoms. The van der Waals surface area contributed by atoms with Gasteiger partial charge in [0.1, 0.15) is 5.82 Å². The molecule has 184 valence electrons. The van der Waals surface area contributed by atoms with E-state index in [1.807, 2.05) is 13.0 Å². The summed E-state index contributed by atoms with van der Waals surface area (Å²) in [6.07, 6.45) is 0.774. The molecule has 0 radical (unpaired) electrons. The van der Waals surface area contributed by atoms with Crippen LogP contribution >= 0.6 is 0 Å². The van der Waals surface area contributed by atoms with Crippen molar-refractivity contribution in [1.29, 1.82) is 0 Å². The summed E-state index contributed by atoms with van der Waals surface area (Å²) >= 11 is 0. The number of anilines is 2. The number of hydrogen-bond acceptors (Lipinski definition) is 9. The van der Waals surface area contributed by atoms with Gasteiger partial charge in [0, 0.05) is 76.6 Å². The van der Waals surface area contributed by atoms with E-state index < -0.39 is 10.0 Å². The Kier molecular flexibility index (Phi) is 6.50. The molecular weight excluding hydrogens is 456 g/mol. The molecule has 3 aliphatic heterocycles. The topological polar surface area (TPSA) is 91.3 Å². The average molecular weight is 489 g/mol. The van der Waals surface area contributed by atoms with Gasteiger partial charge in [-0.2, -0.15) is 9.29 Å². The largest absolute Gasteiger partial charge is 0.490 e. The lowest BCUT2D eigenvalue weighted by atomic mass is 10.3. The minimum absolute atomic E-state index is 0.231. The van der Waals surface area contributed by atoms with Crippen molar-refractivity contribution in [2.75, 3.05) is 82.4 Å². The molecule has 0 N–H and O–H groups in total. The molecule has 0 spiro atoms. The highest BCUT2D eigenvalue weighted by atomic mass is 32.2. The minimum Gasteiger partial charge on any atom is -0.490 e. The third-order valence-electron chi connectivity index (χ3n) is 6.53. The molecule has 0 unspecified atom stereocenters. The van der Waals surface area contributed by atoms with Gasteiger partial charge in [-0.15, -0.1) is 0 Å². The Hall–Kier alpha value is -2.63. The van der Waals surface area contributed by atoms with Gasteiger partial charge in [-0.05, 0) is 26.1 Å². The number of ether oxygens (including phenoxy) is 2. The van der Waals surface area contributed by atoms with Crippen molar-refractivity contribution in [1.82, 2.24) is 19.2 Å². The number of fused-ring (bicyclic) bond motifs is 1. The summed E-state index contributed by atoms with van der Waals surface area (Å²) in [5, 5.41) is 0. The Balaban J connectivity index is 1.28. The quantitative estimate of drug-likeness (QED) is 0.630. The highest BCUT2D eigenvalue weighted by molar-refractivity contribution is 7.89. The highest BCUT2D eigenvalue weighted by Crippen LogP contribution is 2.33. The van der Waals surface area contributed by atoms with E-state index in [1.54, 1.807) is 18.2 Å². The first-order valence-corrected chi connectivity index (χ1v) is 13.3. The van der Waals surface area contributed by atoms with Gasteiger partial charge in [0.2, 0.25) is 16.0 Å². The Labute approximate surface area is 201 Å². The number of rotatable bonds is 4. The van der Waals surface area contributed by atoms with Crippen LogP contribution in [-0.2, 0) is 10.0 Å². The zero-order chi connectivity index (χ0) is 23.7. The van der Waals surface area contributed by atoms with Gasteiger partial charge >= 0.3 is 0 Å². The maximum Gasteiger partial charge on any atom is 0.243 e. The Morgan fingerprint density at radius 1 is 0.824 bits per heavy atom. The second-order valence-corrected chi connectivity index (χ2v) is 10.9. The second kappa shape index (κ2) is 9.55. The van der Waals surface area contributed by atoms with Crippen molar-refractivity contribution in [3.8, 4) is 11.5 Å². The van der Waals surface area contributed by atoms with Gasteiger partial charge in [-0.1, -0.05) is 0 Å². The van der Waals surface area contributed by atoms with Crippen LogP contribution < -0.4 is 19.3 Å². The van der Waals surface area contributed by atoms with Gasteiger partial charge in [0.15, 0.2) is 11.5 Å². The number of aromatic nitrogens is 2. The molecule has 2 aromatic rings. The average Bonchev–Trinajstić information content (AvgIpc) is 3.09. The van der Waals surface area contributed by atoms with Crippen LogP contribution in [-0.4, -0.2) is 100 Å². The fourth-order valence-corrected chi connectivity index (χ4v) is 5.90. The number of hydrogen-bond donors (Lipinski definition) is 0. The lowest BCUT2D eigenvalue weighted by Gasteiger charge is -2.36. The maximum absolute atomic E-state index is 13.3. The van der Waals surface area contributed by atoms with Gasteiger partial charge in [0.25, 0.3) is 0 Å². The van der Waals surface area contributed by atoms with E-state index in [4.69, 9.17) is 14.5 Å². The van der Waals surface area contributed by atoms with E-state index >= 15 is 0 Å². The number of likely N-dealkylation sites (N-methyl/N-ethyl adjacent to an activating group) is 1. The summed E-state index contributed by atoms with van der Waals surface area (Å²) < 4.78 is 39.5. The summed E-state index contributed by atoms with van der Waals surface area (Å²) in [6, 6.07) is 6.89. The maximum atomic E-state index is 13.3. The fourth-order valence-electron chi connectivity index (χ4n) is 4.46. The molecule has 3 aliphatic rings. The summed E-state index contributed by atoms with van der Waals surface area (Å²) in [6.45, 7) is 8.78. The molecule has 1 aromatic carbocycles. The van der Waals surface area contributed by atoms with Crippen LogP contribution in [0.15, 0.2) is 29.2 Å². The van der Waals surface area contributed by atoms with Crippen LogP contribution in [0.25, 0.3) is 0 Å². The van der Waals surface area contributed by atoms with E-state index in [0.717, 1.165) is 44.1 Å². The fraction of sp³-hybridized carbons (Fsp3) is 0.565.